The average Bonchev–Trinajstić information content (AvgIpc) is 3.59. The van der Waals surface area contributed by atoms with Crippen molar-refractivity contribution in [2.24, 2.45) is 7.05 Å². The Balaban J connectivity index is 1.08. The third kappa shape index (κ3) is 8.33. The molecular weight excluding hydrogens is 791 g/mol. The maximum absolute atomic E-state index is 13.1. The molecule has 0 bridgehead atoms. The van der Waals surface area contributed by atoms with E-state index >= 15 is 0 Å². The molecule has 1 fully saturated rings. The number of esters is 1. The minimum atomic E-state index is -0.551. The zero-order valence-corrected chi connectivity index (χ0v) is 31.6. The second kappa shape index (κ2) is 16.9. The van der Waals surface area contributed by atoms with Crippen LogP contribution in [0.25, 0.3) is 22.0 Å². The predicted molar refractivity (Wildman–Crippen MR) is 208 cm³/mol. The number of rotatable bonds is 14. The largest absolute Gasteiger partial charge is 0.491 e. The molecule has 15 heteroatoms. The van der Waals surface area contributed by atoms with Crippen LogP contribution in [0, 0.1) is 0 Å². The van der Waals surface area contributed by atoms with E-state index in [9.17, 15) is 9.59 Å². The molecule has 0 saturated carbocycles. The minimum absolute atomic E-state index is 0.0501. The lowest BCUT2D eigenvalue weighted by molar-refractivity contribution is 0.0202. The minimum Gasteiger partial charge on any atom is -0.491 e. The third-order valence-electron chi connectivity index (χ3n) is 8.22. The number of ether oxygens (including phenoxy) is 4. The van der Waals surface area contributed by atoms with E-state index in [4.69, 9.17) is 14.2 Å². The molecule has 0 aliphatic carbocycles. The van der Waals surface area contributed by atoms with Crippen molar-refractivity contribution in [2.45, 2.75) is 25.9 Å². The van der Waals surface area contributed by atoms with Gasteiger partial charge < -0.3 is 33.1 Å². The van der Waals surface area contributed by atoms with E-state index < -0.39 is 5.97 Å². The van der Waals surface area contributed by atoms with Crippen LogP contribution in [0.2, 0.25) is 0 Å². The SMILES string of the molecule is CCSNc1ccc(Oc2cccc(OCCOC3CCN(c4cnc(C(=O)OC)nc4)CC3)c2)c(-c2cn(C)c(=O)c3c2ccn3SI)c1. The molecule has 2 aromatic carbocycles. The lowest BCUT2D eigenvalue weighted by atomic mass is 10.0. The van der Waals surface area contributed by atoms with Crippen molar-refractivity contribution in [3.8, 4) is 28.4 Å². The summed E-state index contributed by atoms with van der Waals surface area (Å²) in [5, 5.41) is 0.855. The highest BCUT2D eigenvalue weighted by molar-refractivity contribution is 14.2. The number of methoxy groups -OCH3 is 1. The number of halogens is 1. The van der Waals surface area contributed by atoms with E-state index in [1.165, 1.54) is 16.2 Å². The van der Waals surface area contributed by atoms with Crippen LogP contribution in [0.3, 0.4) is 0 Å². The van der Waals surface area contributed by atoms with E-state index in [2.05, 4.69) is 58.5 Å². The number of aryl methyl sites for hydroxylation is 1. The van der Waals surface area contributed by atoms with Gasteiger partial charge in [0.15, 0.2) is 0 Å². The lowest BCUT2D eigenvalue weighted by Gasteiger charge is -2.33. The predicted octanol–water partition coefficient (Wildman–Crippen LogP) is 7.37. The van der Waals surface area contributed by atoms with E-state index in [0.717, 1.165) is 59.6 Å². The highest BCUT2D eigenvalue weighted by Crippen LogP contribution is 2.40. The standard InChI is InChI=1S/C35H37IN6O6S2/c1-4-49-39-23-8-9-31(29(18-23)30-22-40(2)34(43)32-28(30)12-15-42(32)50-36)48-27-7-5-6-26(19-27)47-17-16-46-25-10-13-41(14-11-25)24-20-37-33(38-21-24)35(44)45-3/h5-9,12,15,18-22,25,39H,4,10-11,13-14,16-17H2,1-3H3. The van der Waals surface area contributed by atoms with Gasteiger partial charge in [-0.3, -0.25) is 8.77 Å². The summed E-state index contributed by atoms with van der Waals surface area (Å²) >= 11 is 3.80. The third-order valence-corrected chi connectivity index (χ3v) is 10.6. The first-order valence-electron chi connectivity index (χ1n) is 16.1. The van der Waals surface area contributed by atoms with Crippen LogP contribution in [0.5, 0.6) is 17.2 Å². The number of pyridine rings is 1. The van der Waals surface area contributed by atoms with Crippen molar-refractivity contribution < 1.29 is 23.7 Å². The summed E-state index contributed by atoms with van der Waals surface area (Å²) in [5.41, 5.74) is 4.13. The number of aromatic nitrogens is 4. The topological polar surface area (TPSA) is 122 Å². The molecule has 1 aliphatic heterocycles. The molecule has 1 aliphatic rings. The number of fused-ring (bicyclic) bond motifs is 1. The van der Waals surface area contributed by atoms with Crippen LogP contribution in [-0.4, -0.2) is 69.7 Å². The fourth-order valence-corrected chi connectivity index (χ4v) is 7.52. The van der Waals surface area contributed by atoms with E-state index in [-0.39, 0.29) is 17.5 Å². The number of carbonyl (C=O) groups excluding carboxylic acids is 1. The molecular formula is C35H37IN6O6S2. The molecule has 0 atom stereocenters. The van der Waals surface area contributed by atoms with Crippen LogP contribution in [-0.2, 0) is 16.5 Å². The Morgan fingerprint density at radius 2 is 1.82 bits per heavy atom. The Morgan fingerprint density at radius 1 is 1.04 bits per heavy atom. The van der Waals surface area contributed by atoms with Gasteiger partial charge in [0.25, 0.3) is 5.56 Å². The number of anilines is 2. The molecule has 6 rings (SSSR count). The van der Waals surface area contributed by atoms with E-state index in [0.29, 0.717) is 36.0 Å². The van der Waals surface area contributed by atoms with Gasteiger partial charge in [-0.2, -0.15) is 0 Å². The molecule has 1 saturated heterocycles. The summed E-state index contributed by atoms with van der Waals surface area (Å²) < 4.78 is 30.3. The quantitative estimate of drug-likeness (QED) is 0.0521. The van der Waals surface area contributed by atoms with Crippen molar-refractivity contribution in [1.82, 2.24) is 18.5 Å². The maximum atomic E-state index is 13.1. The summed E-state index contributed by atoms with van der Waals surface area (Å²) in [7, 11) is 4.54. The molecule has 50 heavy (non-hydrogen) atoms. The number of carbonyl (C=O) groups is 1. The summed E-state index contributed by atoms with van der Waals surface area (Å²) in [6.45, 7) is 4.55. The van der Waals surface area contributed by atoms with Crippen LogP contribution in [0.1, 0.15) is 30.4 Å². The monoisotopic (exact) mass is 828 g/mol. The van der Waals surface area contributed by atoms with Gasteiger partial charge >= 0.3 is 5.97 Å². The first-order valence-corrected chi connectivity index (χ1v) is 20.4. The number of hydrogen-bond donors (Lipinski definition) is 1. The molecule has 0 radical (unpaired) electrons. The van der Waals surface area contributed by atoms with Gasteiger partial charge in [0.2, 0.25) is 5.82 Å². The molecule has 0 spiro atoms. The fraction of sp³-hybridized carbons (Fsp3) is 0.314. The Kier molecular flexibility index (Phi) is 12.1. The lowest BCUT2D eigenvalue weighted by Crippen LogP contribution is -2.37. The maximum Gasteiger partial charge on any atom is 0.376 e. The number of hydrogen-bond acceptors (Lipinski definition) is 12. The summed E-state index contributed by atoms with van der Waals surface area (Å²) in [5.74, 6) is 2.38. The van der Waals surface area contributed by atoms with E-state index in [1.54, 1.807) is 36.0 Å². The first kappa shape index (κ1) is 35.9. The second-order valence-electron chi connectivity index (χ2n) is 11.4. The Hall–Kier alpha value is -3.93. The number of benzene rings is 2. The first-order chi connectivity index (χ1) is 24.4. The number of nitrogens with zero attached hydrogens (tertiary/aromatic N) is 5. The molecule has 262 valence electrons. The van der Waals surface area contributed by atoms with Crippen molar-refractivity contribution in [2.75, 3.05) is 48.8 Å². The van der Waals surface area contributed by atoms with E-state index in [1.807, 2.05) is 58.8 Å². The van der Waals surface area contributed by atoms with Gasteiger partial charge in [-0.1, -0.05) is 24.9 Å². The smallest absolute Gasteiger partial charge is 0.376 e. The fourth-order valence-electron chi connectivity index (χ4n) is 5.74. The second-order valence-corrected chi connectivity index (χ2v) is 14.2. The van der Waals surface area contributed by atoms with Crippen LogP contribution in [0.15, 0.2) is 78.1 Å². The average molecular weight is 829 g/mol. The van der Waals surface area contributed by atoms with Crippen molar-refractivity contribution >= 4 is 70.5 Å². The number of nitrogens with one attached hydrogen (secondary N) is 1. The van der Waals surface area contributed by atoms with Crippen LogP contribution in [0.4, 0.5) is 11.4 Å². The number of piperidine rings is 1. The Morgan fingerprint density at radius 3 is 2.56 bits per heavy atom. The Labute approximate surface area is 310 Å². The van der Waals surface area contributed by atoms with Gasteiger partial charge in [-0.25, -0.2) is 14.8 Å². The normalized spacial score (nSPS) is 13.4. The highest BCUT2D eigenvalue weighted by atomic mass is 127. The van der Waals surface area contributed by atoms with Crippen LogP contribution < -0.4 is 24.7 Å². The zero-order valence-electron chi connectivity index (χ0n) is 27.8. The van der Waals surface area contributed by atoms with Gasteiger partial charge in [0.1, 0.15) is 29.4 Å². The highest BCUT2D eigenvalue weighted by Gasteiger charge is 2.22. The Bertz CT molecular complexity index is 2000. The van der Waals surface area contributed by atoms with Crippen molar-refractivity contribution in [3.05, 3.63) is 89.5 Å². The van der Waals surface area contributed by atoms with Crippen molar-refractivity contribution in [1.29, 1.82) is 0 Å². The molecule has 5 aromatic rings. The summed E-state index contributed by atoms with van der Waals surface area (Å²) in [6.07, 6.45) is 8.94. The molecule has 0 amide bonds. The molecule has 12 nitrogen and oxygen atoms in total. The zero-order chi connectivity index (χ0) is 35.0. The van der Waals surface area contributed by atoms with Gasteiger partial charge in [-0.05, 0) is 49.2 Å². The molecule has 0 unspecified atom stereocenters. The molecule has 4 heterocycles. The van der Waals surface area contributed by atoms with Gasteiger partial charge in [-0.15, -0.1) is 0 Å². The van der Waals surface area contributed by atoms with Gasteiger partial charge in [0, 0.05) is 96.9 Å². The molecule has 3 aromatic heterocycles. The van der Waals surface area contributed by atoms with Crippen molar-refractivity contribution in [3.63, 3.8) is 0 Å². The summed E-state index contributed by atoms with van der Waals surface area (Å²) in [6, 6.07) is 15.5. The van der Waals surface area contributed by atoms with Crippen LogP contribution >= 0.6 is 42.3 Å². The molecule has 1 N–H and O–H groups in total. The summed E-state index contributed by atoms with van der Waals surface area (Å²) in [4.78, 5) is 35.1. The van der Waals surface area contributed by atoms with Gasteiger partial charge in [0.05, 0.1) is 37.9 Å².